The number of pyridine rings is 1. The Balaban J connectivity index is 1.75. The van der Waals surface area contributed by atoms with Crippen molar-refractivity contribution in [3.05, 3.63) is 54.4 Å². The summed E-state index contributed by atoms with van der Waals surface area (Å²) in [4.78, 5) is 18.6. The van der Waals surface area contributed by atoms with Crippen LogP contribution in [0.2, 0.25) is 0 Å². The molecule has 0 bridgehead atoms. The molecule has 2 amide bonds. The van der Waals surface area contributed by atoms with E-state index in [1.165, 1.54) is 0 Å². The third-order valence-corrected chi connectivity index (χ3v) is 4.20. The summed E-state index contributed by atoms with van der Waals surface area (Å²) in [6, 6.07) is 11.2. The molecule has 1 aromatic carbocycles. The lowest BCUT2D eigenvalue weighted by atomic mass is 10.1. The van der Waals surface area contributed by atoms with Crippen LogP contribution in [0.25, 0.3) is 0 Å². The summed E-state index contributed by atoms with van der Waals surface area (Å²) in [5.74, 6) is 0.772. The first kappa shape index (κ1) is 17.2. The monoisotopic (exact) mass is 341 g/mol. The number of anilines is 1. The number of aromatic nitrogens is 1. The highest BCUT2D eigenvalue weighted by atomic mass is 16.5. The molecule has 0 aliphatic carbocycles. The average Bonchev–Trinajstić information content (AvgIpc) is 3.15. The van der Waals surface area contributed by atoms with E-state index in [2.05, 4.69) is 10.3 Å². The number of carbonyl (C=O) groups is 1. The van der Waals surface area contributed by atoms with Crippen LogP contribution in [0.15, 0.2) is 48.8 Å². The molecule has 1 aliphatic rings. The molecular formula is C19H23N3O3. The van der Waals surface area contributed by atoms with Gasteiger partial charge in [-0.2, -0.15) is 0 Å². The Morgan fingerprint density at radius 1 is 1.36 bits per heavy atom. The molecular weight excluding hydrogens is 318 g/mol. The first-order valence-corrected chi connectivity index (χ1v) is 8.45. The lowest BCUT2D eigenvalue weighted by molar-refractivity contribution is 0.0817. The third kappa shape index (κ3) is 4.70. The van der Waals surface area contributed by atoms with Gasteiger partial charge in [0.25, 0.3) is 0 Å². The Kier molecular flexibility index (Phi) is 5.85. The molecule has 2 aromatic rings. The minimum atomic E-state index is -0.172. The topological polar surface area (TPSA) is 63.7 Å². The van der Waals surface area contributed by atoms with Crippen molar-refractivity contribution in [2.24, 2.45) is 0 Å². The van der Waals surface area contributed by atoms with Crippen molar-refractivity contribution in [2.45, 2.75) is 25.5 Å². The molecule has 1 aromatic heterocycles. The van der Waals surface area contributed by atoms with Gasteiger partial charge in [0.2, 0.25) is 0 Å². The molecule has 0 radical (unpaired) electrons. The molecule has 1 fully saturated rings. The standard InChI is InChI=1S/C19H23N3O3/c1-24-18-9-3-2-6-15(18)13-22(14-17-8-5-11-25-17)19(23)21-16-7-4-10-20-12-16/h2-4,6-7,9-10,12,17H,5,8,11,13-14H2,1H3,(H,21,23)/t17-/m0/s1. The SMILES string of the molecule is COc1ccccc1CN(C[C@@H]1CCCO1)C(=O)Nc1cccnc1. The van der Waals surface area contributed by atoms with Crippen molar-refractivity contribution in [1.29, 1.82) is 0 Å². The fraction of sp³-hybridized carbons (Fsp3) is 0.368. The van der Waals surface area contributed by atoms with Gasteiger partial charge in [0.05, 0.1) is 31.6 Å². The molecule has 6 nitrogen and oxygen atoms in total. The van der Waals surface area contributed by atoms with Crippen LogP contribution in [-0.2, 0) is 11.3 Å². The first-order valence-electron chi connectivity index (χ1n) is 8.45. The minimum absolute atomic E-state index is 0.0781. The van der Waals surface area contributed by atoms with Gasteiger partial charge in [-0.25, -0.2) is 4.79 Å². The smallest absolute Gasteiger partial charge is 0.322 e. The Labute approximate surface area is 147 Å². The molecule has 1 atom stereocenters. The van der Waals surface area contributed by atoms with Crippen LogP contribution in [0, 0.1) is 0 Å². The van der Waals surface area contributed by atoms with Crippen molar-refractivity contribution >= 4 is 11.7 Å². The van der Waals surface area contributed by atoms with Crippen molar-refractivity contribution < 1.29 is 14.3 Å². The molecule has 1 saturated heterocycles. The molecule has 1 aliphatic heterocycles. The minimum Gasteiger partial charge on any atom is -0.496 e. The van der Waals surface area contributed by atoms with Gasteiger partial charge in [-0.1, -0.05) is 18.2 Å². The number of urea groups is 1. The number of carbonyl (C=O) groups excluding carboxylic acids is 1. The van der Waals surface area contributed by atoms with Gasteiger partial charge in [0, 0.05) is 24.9 Å². The van der Waals surface area contributed by atoms with E-state index in [-0.39, 0.29) is 12.1 Å². The highest BCUT2D eigenvalue weighted by Crippen LogP contribution is 2.22. The van der Waals surface area contributed by atoms with Gasteiger partial charge in [0.1, 0.15) is 5.75 Å². The first-order chi connectivity index (χ1) is 12.3. The molecule has 25 heavy (non-hydrogen) atoms. The van der Waals surface area contributed by atoms with E-state index in [0.29, 0.717) is 18.8 Å². The van der Waals surface area contributed by atoms with Gasteiger partial charge in [-0.05, 0) is 31.0 Å². The van der Waals surface area contributed by atoms with E-state index in [4.69, 9.17) is 9.47 Å². The Morgan fingerprint density at radius 2 is 2.24 bits per heavy atom. The van der Waals surface area contributed by atoms with Crippen LogP contribution in [0.5, 0.6) is 5.75 Å². The molecule has 2 heterocycles. The Bertz CT molecular complexity index is 687. The fourth-order valence-corrected chi connectivity index (χ4v) is 2.93. The van der Waals surface area contributed by atoms with Gasteiger partial charge in [-0.3, -0.25) is 4.98 Å². The molecule has 0 saturated carbocycles. The number of amides is 2. The Hall–Kier alpha value is -2.60. The summed E-state index contributed by atoms with van der Waals surface area (Å²) in [5.41, 5.74) is 1.63. The summed E-state index contributed by atoms with van der Waals surface area (Å²) < 4.78 is 11.1. The fourth-order valence-electron chi connectivity index (χ4n) is 2.93. The summed E-state index contributed by atoms with van der Waals surface area (Å²) >= 11 is 0. The zero-order valence-electron chi connectivity index (χ0n) is 14.4. The van der Waals surface area contributed by atoms with Crippen molar-refractivity contribution in [3.63, 3.8) is 0 Å². The number of nitrogens with one attached hydrogen (secondary N) is 1. The lowest BCUT2D eigenvalue weighted by Crippen LogP contribution is -2.39. The second kappa shape index (κ2) is 8.48. The molecule has 1 N–H and O–H groups in total. The van der Waals surface area contributed by atoms with E-state index in [1.807, 2.05) is 30.3 Å². The number of methoxy groups -OCH3 is 1. The zero-order chi connectivity index (χ0) is 17.5. The van der Waals surface area contributed by atoms with Gasteiger partial charge >= 0.3 is 6.03 Å². The molecule has 132 valence electrons. The van der Waals surface area contributed by atoms with E-state index in [1.54, 1.807) is 30.5 Å². The number of ether oxygens (including phenoxy) is 2. The van der Waals surface area contributed by atoms with Gasteiger partial charge in [-0.15, -0.1) is 0 Å². The Morgan fingerprint density at radius 3 is 2.96 bits per heavy atom. The number of nitrogens with zero attached hydrogens (tertiary/aromatic N) is 2. The largest absolute Gasteiger partial charge is 0.496 e. The average molecular weight is 341 g/mol. The number of hydrogen-bond acceptors (Lipinski definition) is 4. The maximum Gasteiger partial charge on any atom is 0.322 e. The second-order valence-corrected chi connectivity index (χ2v) is 6.00. The number of hydrogen-bond donors (Lipinski definition) is 1. The second-order valence-electron chi connectivity index (χ2n) is 6.00. The highest BCUT2D eigenvalue weighted by Gasteiger charge is 2.23. The molecule has 0 spiro atoms. The van der Waals surface area contributed by atoms with Crippen LogP contribution in [0.3, 0.4) is 0 Å². The molecule has 3 rings (SSSR count). The summed E-state index contributed by atoms with van der Waals surface area (Å²) in [5, 5.41) is 2.90. The number of benzene rings is 1. The van der Waals surface area contributed by atoms with E-state index < -0.39 is 0 Å². The van der Waals surface area contributed by atoms with Crippen molar-refractivity contribution in [1.82, 2.24) is 9.88 Å². The predicted octanol–water partition coefficient (Wildman–Crippen LogP) is 3.30. The maximum atomic E-state index is 12.8. The number of para-hydroxylation sites is 1. The van der Waals surface area contributed by atoms with Crippen LogP contribution < -0.4 is 10.1 Å². The quantitative estimate of drug-likeness (QED) is 0.875. The van der Waals surface area contributed by atoms with E-state index in [9.17, 15) is 4.79 Å². The van der Waals surface area contributed by atoms with E-state index in [0.717, 1.165) is 30.8 Å². The van der Waals surface area contributed by atoms with Gasteiger partial charge < -0.3 is 19.7 Å². The third-order valence-electron chi connectivity index (χ3n) is 4.20. The predicted molar refractivity (Wildman–Crippen MR) is 95.6 cm³/mol. The van der Waals surface area contributed by atoms with Crippen molar-refractivity contribution in [3.8, 4) is 5.75 Å². The number of rotatable bonds is 6. The summed E-state index contributed by atoms with van der Waals surface area (Å²) in [6.07, 6.45) is 5.40. The lowest BCUT2D eigenvalue weighted by Gasteiger charge is -2.26. The van der Waals surface area contributed by atoms with Crippen LogP contribution in [0.1, 0.15) is 18.4 Å². The van der Waals surface area contributed by atoms with E-state index >= 15 is 0 Å². The molecule has 6 heteroatoms. The zero-order valence-corrected chi connectivity index (χ0v) is 14.4. The molecule has 0 unspecified atom stereocenters. The van der Waals surface area contributed by atoms with Crippen molar-refractivity contribution in [2.75, 3.05) is 25.6 Å². The summed E-state index contributed by atoms with van der Waals surface area (Å²) in [6.45, 7) is 1.76. The van der Waals surface area contributed by atoms with Crippen LogP contribution >= 0.6 is 0 Å². The van der Waals surface area contributed by atoms with Crippen LogP contribution in [0.4, 0.5) is 10.5 Å². The normalized spacial score (nSPS) is 16.4. The summed E-state index contributed by atoms with van der Waals surface area (Å²) in [7, 11) is 1.64. The van der Waals surface area contributed by atoms with Crippen LogP contribution in [-0.4, -0.2) is 42.3 Å². The maximum absolute atomic E-state index is 12.8. The highest BCUT2D eigenvalue weighted by molar-refractivity contribution is 5.89. The van der Waals surface area contributed by atoms with Gasteiger partial charge in [0.15, 0.2) is 0 Å².